The number of carbonyl (C=O) groups is 1. The molecular weight excluding hydrogens is 180 g/mol. The van der Waals surface area contributed by atoms with Crippen LogP contribution in [0.4, 0.5) is 0 Å². The van der Waals surface area contributed by atoms with Gasteiger partial charge in [0.15, 0.2) is 9.84 Å². The van der Waals surface area contributed by atoms with Gasteiger partial charge >= 0.3 is 5.97 Å². The van der Waals surface area contributed by atoms with Crippen LogP contribution >= 0.6 is 0 Å². The molecule has 12 heavy (non-hydrogen) atoms. The van der Waals surface area contributed by atoms with E-state index in [0.717, 1.165) is 0 Å². The molecule has 0 N–H and O–H groups in total. The van der Waals surface area contributed by atoms with Crippen LogP contribution in [0.25, 0.3) is 0 Å². The fourth-order valence-electron chi connectivity index (χ4n) is 2.68. The fourth-order valence-corrected chi connectivity index (χ4v) is 5.33. The summed E-state index contributed by atoms with van der Waals surface area (Å²) in [7, 11) is -3.01. The fraction of sp³-hybridized carbons (Fsp3) is 0.857. The van der Waals surface area contributed by atoms with Crippen LogP contribution in [0.3, 0.4) is 0 Å². The molecule has 4 atom stereocenters. The third-order valence-electron chi connectivity index (χ3n) is 3.19. The van der Waals surface area contributed by atoms with Crippen LogP contribution in [0.15, 0.2) is 0 Å². The summed E-state index contributed by atoms with van der Waals surface area (Å²) >= 11 is 0. The highest BCUT2D eigenvalue weighted by Gasteiger charge is 2.66. The lowest BCUT2D eigenvalue weighted by molar-refractivity contribution is -0.143. The van der Waals surface area contributed by atoms with Crippen molar-refractivity contribution in [3.63, 3.8) is 0 Å². The van der Waals surface area contributed by atoms with Crippen molar-refractivity contribution in [3.05, 3.63) is 0 Å². The van der Waals surface area contributed by atoms with Gasteiger partial charge < -0.3 is 4.74 Å². The summed E-state index contributed by atoms with van der Waals surface area (Å²) in [5.74, 6) is -0.632. The van der Waals surface area contributed by atoms with Gasteiger partial charge in [0.2, 0.25) is 0 Å². The van der Waals surface area contributed by atoms with Crippen molar-refractivity contribution < 1.29 is 17.9 Å². The lowest BCUT2D eigenvalue weighted by atomic mass is 9.90. The monoisotopic (exact) mass is 188 g/mol. The first-order chi connectivity index (χ1) is 5.60. The molecule has 5 heteroatoms. The van der Waals surface area contributed by atoms with Gasteiger partial charge in [-0.1, -0.05) is 0 Å². The highest BCUT2D eigenvalue weighted by molar-refractivity contribution is 7.93. The van der Waals surface area contributed by atoms with E-state index in [1.165, 1.54) is 0 Å². The van der Waals surface area contributed by atoms with E-state index in [9.17, 15) is 13.2 Å². The Kier molecular flexibility index (Phi) is 0.967. The molecule has 4 unspecified atom stereocenters. The second-order valence-electron chi connectivity index (χ2n) is 3.73. The minimum atomic E-state index is -3.01. The summed E-state index contributed by atoms with van der Waals surface area (Å²) in [6.07, 6.45) is 0.726. The van der Waals surface area contributed by atoms with E-state index in [1.807, 2.05) is 0 Å². The van der Waals surface area contributed by atoms with Gasteiger partial charge in [0.1, 0.15) is 11.4 Å². The van der Waals surface area contributed by atoms with E-state index in [2.05, 4.69) is 0 Å². The second-order valence-corrected chi connectivity index (χ2v) is 6.12. The molecule has 66 valence electrons. The SMILES string of the molecule is O=C1OC2CC3CC1C2S3(=O)=O. The maximum Gasteiger partial charge on any atom is 0.310 e. The Balaban J connectivity index is 2.20. The molecule has 3 heterocycles. The molecule has 0 radical (unpaired) electrons. The van der Waals surface area contributed by atoms with Crippen LogP contribution in [0, 0.1) is 5.92 Å². The molecule has 3 rings (SSSR count). The topological polar surface area (TPSA) is 60.4 Å². The van der Waals surface area contributed by atoms with Crippen LogP contribution in [-0.4, -0.2) is 31.0 Å². The van der Waals surface area contributed by atoms with Gasteiger partial charge in [-0.3, -0.25) is 4.79 Å². The highest BCUT2D eigenvalue weighted by Crippen LogP contribution is 2.50. The number of carbonyl (C=O) groups excluding carboxylic acids is 1. The van der Waals surface area contributed by atoms with Gasteiger partial charge in [-0.25, -0.2) is 8.42 Å². The van der Waals surface area contributed by atoms with Gasteiger partial charge in [-0.2, -0.15) is 0 Å². The van der Waals surface area contributed by atoms with Gasteiger partial charge in [-0.05, 0) is 6.42 Å². The molecule has 0 aromatic carbocycles. The number of hydrogen-bond donors (Lipinski definition) is 0. The zero-order valence-electron chi connectivity index (χ0n) is 6.26. The molecule has 0 amide bonds. The smallest absolute Gasteiger partial charge is 0.310 e. The molecule has 0 saturated carbocycles. The van der Waals surface area contributed by atoms with Gasteiger partial charge in [0.05, 0.1) is 11.2 Å². The summed E-state index contributed by atoms with van der Waals surface area (Å²) < 4.78 is 28.0. The summed E-state index contributed by atoms with van der Waals surface area (Å²) in [6.45, 7) is 0. The summed E-state index contributed by atoms with van der Waals surface area (Å²) in [6, 6.07) is 0. The summed E-state index contributed by atoms with van der Waals surface area (Å²) in [5, 5.41) is -0.779. The molecule has 3 aliphatic heterocycles. The first kappa shape index (κ1) is 6.88. The minimum Gasteiger partial charge on any atom is -0.461 e. The highest BCUT2D eigenvalue weighted by atomic mass is 32.2. The summed E-state index contributed by atoms with van der Waals surface area (Å²) in [4.78, 5) is 11.1. The number of esters is 1. The van der Waals surface area contributed by atoms with Crippen LogP contribution < -0.4 is 0 Å². The van der Waals surface area contributed by atoms with E-state index < -0.39 is 15.1 Å². The number of sulfone groups is 1. The quantitative estimate of drug-likeness (QED) is 0.480. The van der Waals surface area contributed by atoms with Gasteiger partial charge in [-0.15, -0.1) is 0 Å². The summed E-state index contributed by atoms with van der Waals surface area (Å²) in [5.41, 5.74) is 0. The maximum absolute atomic E-state index is 11.5. The number of ether oxygens (including phenoxy) is 1. The second kappa shape index (κ2) is 1.69. The van der Waals surface area contributed by atoms with E-state index in [-0.39, 0.29) is 23.2 Å². The Morgan fingerprint density at radius 1 is 1.33 bits per heavy atom. The third kappa shape index (κ3) is 0.532. The van der Waals surface area contributed by atoms with Crippen molar-refractivity contribution in [3.8, 4) is 0 Å². The van der Waals surface area contributed by atoms with E-state index in [0.29, 0.717) is 12.8 Å². The third-order valence-corrected chi connectivity index (χ3v) is 5.89. The van der Waals surface area contributed by atoms with Crippen molar-refractivity contribution in [2.45, 2.75) is 29.4 Å². The number of hydrogen-bond acceptors (Lipinski definition) is 4. The lowest BCUT2D eigenvalue weighted by Gasteiger charge is -2.08. The van der Waals surface area contributed by atoms with Crippen molar-refractivity contribution in [1.82, 2.24) is 0 Å². The lowest BCUT2D eigenvalue weighted by Crippen LogP contribution is -2.24. The molecule has 4 nitrogen and oxygen atoms in total. The standard InChI is InChI=1S/C7H8O4S/c8-7-4-1-3-2-5(11-7)6(4)12(3,9)10/h3-6H,1-2H2. The van der Waals surface area contributed by atoms with Crippen LogP contribution in [-0.2, 0) is 19.4 Å². The van der Waals surface area contributed by atoms with Crippen LogP contribution in [0.5, 0.6) is 0 Å². The molecule has 0 aromatic rings. The van der Waals surface area contributed by atoms with Crippen LogP contribution in [0.2, 0.25) is 0 Å². The van der Waals surface area contributed by atoms with Crippen LogP contribution in [0.1, 0.15) is 12.8 Å². The first-order valence-electron chi connectivity index (χ1n) is 4.04. The average Bonchev–Trinajstić information content (AvgIpc) is 2.43. The Morgan fingerprint density at radius 2 is 2.08 bits per heavy atom. The molecule has 0 aliphatic carbocycles. The zero-order valence-corrected chi connectivity index (χ0v) is 7.08. The Bertz CT molecular complexity index is 358. The number of rotatable bonds is 0. The first-order valence-corrected chi connectivity index (χ1v) is 5.65. The Hall–Kier alpha value is -0.580. The zero-order chi connectivity index (χ0) is 8.51. The molecule has 0 spiro atoms. The molecule has 0 aromatic heterocycles. The van der Waals surface area contributed by atoms with Crippen molar-refractivity contribution in [2.24, 2.45) is 5.92 Å². The van der Waals surface area contributed by atoms with Gasteiger partial charge in [0, 0.05) is 6.42 Å². The van der Waals surface area contributed by atoms with E-state index in [1.54, 1.807) is 0 Å². The normalized spacial score (nSPS) is 52.8. The predicted octanol–water partition coefficient (Wildman–Crippen LogP) is -0.513. The van der Waals surface area contributed by atoms with Gasteiger partial charge in [0.25, 0.3) is 0 Å². The molecule has 3 fully saturated rings. The molecule has 2 bridgehead atoms. The molecular formula is C7H8O4S. The van der Waals surface area contributed by atoms with E-state index >= 15 is 0 Å². The Morgan fingerprint density at radius 3 is 2.58 bits per heavy atom. The average molecular weight is 188 g/mol. The van der Waals surface area contributed by atoms with Crippen molar-refractivity contribution in [2.75, 3.05) is 0 Å². The largest absolute Gasteiger partial charge is 0.461 e. The predicted molar refractivity (Wildman–Crippen MR) is 39.1 cm³/mol. The molecule has 3 saturated heterocycles. The Labute approximate surface area is 69.8 Å². The number of fused-ring (bicyclic) bond motifs is 1. The molecule has 3 aliphatic rings. The van der Waals surface area contributed by atoms with Crippen molar-refractivity contribution >= 4 is 15.8 Å². The maximum atomic E-state index is 11.5. The van der Waals surface area contributed by atoms with Crippen molar-refractivity contribution in [1.29, 1.82) is 0 Å². The minimum absolute atomic E-state index is 0.288. The van der Waals surface area contributed by atoms with E-state index in [4.69, 9.17) is 4.74 Å².